The quantitative estimate of drug-likeness (QED) is 0.677. The largest absolute Gasteiger partial charge is 0.360 e. The molecule has 0 aromatic carbocycles. The molecule has 1 aliphatic rings. The summed E-state index contributed by atoms with van der Waals surface area (Å²) in [7, 11) is -3.74. The van der Waals surface area contributed by atoms with Crippen LogP contribution >= 0.6 is 0 Å². The molecular weight excluding hydrogens is 392 g/mol. The smallest absolute Gasteiger partial charge is 0.249 e. The minimum atomic E-state index is -3.74. The van der Waals surface area contributed by atoms with Crippen LogP contribution in [0.25, 0.3) is 0 Å². The van der Waals surface area contributed by atoms with E-state index in [1.54, 1.807) is 32.4 Å². The second-order valence-electron chi connectivity index (χ2n) is 7.06. The molecule has 29 heavy (non-hydrogen) atoms. The molecule has 0 saturated carbocycles. The number of pyridine rings is 1. The normalized spacial score (nSPS) is 17.6. The minimum absolute atomic E-state index is 0.148. The van der Waals surface area contributed by atoms with Crippen molar-refractivity contribution in [2.45, 2.75) is 44.6 Å². The summed E-state index contributed by atoms with van der Waals surface area (Å²) in [4.78, 5) is 13.0. The Bertz CT molecular complexity index is 1110. The molecule has 152 valence electrons. The van der Waals surface area contributed by atoms with Crippen molar-refractivity contribution in [3.8, 4) is 0 Å². The Balaban J connectivity index is 1.69. The number of nitrogens with zero attached hydrogens (tertiary/aromatic N) is 5. The molecule has 0 radical (unpaired) electrons. The Morgan fingerprint density at radius 3 is 2.72 bits per heavy atom. The molecule has 1 N–H and O–H groups in total. The Kier molecular flexibility index (Phi) is 5.05. The Labute approximate surface area is 169 Å². The Hall–Kier alpha value is -2.85. The van der Waals surface area contributed by atoms with E-state index in [1.807, 2.05) is 19.1 Å². The van der Waals surface area contributed by atoms with E-state index in [1.165, 1.54) is 4.31 Å². The first-order valence-electron chi connectivity index (χ1n) is 9.32. The number of nitrogens with one attached hydrogen (secondary N) is 1. The zero-order chi connectivity index (χ0) is 20.6. The summed E-state index contributed by atoms with van der Waals surface area (Å²) in [6.07, 6.45) is 6.29. The van der Waals surface area contributed by atoms with Gasteiger partial charge in [-0.2, -0.15) is 4.31 Å². The first-order valence-corrected chi connectivity index (χ1v) is 10.8. The lowest BCUT2D eigenvalue weighted by atomic mass is 10.1. The van der Waals surface area contributed by atoms with E-state index in [-0.39, 0.29) is 10.9 Å². The van der Waals surface area contributed by atoms with Crippen molar-refractivity contribution in [2.24, 2.45) is 0 Å². The van der Waals surface area contributed by atoms with Gasteiger partial charge in [-0.05, 0) is 45.7 Å². The first kappa shape index (κ1) is 19.5. The van der Waals surface area contributed by atoms with Gasteiger partial charge in [0.25, 0.3) is 0 Å². The topological polar surface area (TPSA) is 114 Å². The van der Waals surface area contributed by atoms with E-state index in [4.69, 9.17) is 4.52 Å². The molecule has 9 nitrogen and oxygen atoms in total. The van der Waals surface area contributed by atoms with Crippen molar-refractivity contribution in [1.82, 2.24) is 24.4 Å². The molecule has 1 aliphatic heterocycles. The number of hydrogen-bond donors (Lipinski definition) is 1. The maximum Gasteiger partial charge on any atom is 0.249 e. The fourth-order valence-electron chi connectivity index (χ4n) is 3.73. The Morgan fingerprint density at radius 1 is 1.21 bits per heavy atom. The SMILES string of the molecule is Cc1cc(Nc2cnccn2)cc([C@@H]2CCCN2S(=O)(=O)c2c(C)noc2C)n1. The monoisotopic (exact) mass is 414 g/mol. The molecule has 0 spiro atoms. The van der Waals surface area contributed by atoms with Gasteiger partial charge < -0.3 is 9.84 Å². The van der Waals surface area contributed by atoms with Gasteiger partial charge in [-0.25, -0.2) is 13.4 Å². The van der Waals surface area contributed by atoms with E-state index in [9.17, 15) is 8.42 Å². The lowest BCUT2D eigenvalue weighted by molar-refractivity contribution is 0.381. The molecule has 1 saturated heterocycles. The molecule has 0 aliphatic carbocycles. The van der Waals surface area contributed by atoms with Gasteiger partial charge in [-0.15, -0.1) is 0 Å². The van der Waals surface area contributed by atoms with Gasteiger partial charge in [-0.3, -0.25) is 9.97 Å². The summed E-state index contributed by atoms with van der Waals surface area (Å²) < 4.78 is 33.3. The predicted molar refractivity (Wildman–Crippen MR) is 106 cm³/mol. The van der Waals surface area contributed by atoms with Gasteiger partial charge in [0.1, 0.15) is 16.4 Å². The molecular formula is C19H22N6O3S. The highest BCUT2D eigenvalue weighted by Crippen LogP contribution is 2.38. The number of aromatic nitrogens is 4. The van der Waals surface area contributed by atoms with Crippen LogP contribution in [0.4, 0.5) is 11.5 Å². The van der Waals surface area contributed by atoms with E-state index < -0.39 is 10.0 Å². The standard InChI is InChI=1S/C19H22N6O3S/c1-12-9-15(23-18-11-20-6-7-21-18)10-16(22-12)17-5-4-8-25(17)29(26,27)19-13(2)24-28-14(19)3/h6-7,9-11,17H,4-5,8H2,1-3H3,(H,21,22,23)/t17-/m0/s1. The number of rotatable bonds is 5. The molecule has 0 unspecified atom stereocenters. The fraction of sp³-hybridized carbons (Fsp3) is 0.368. The van der Waals surface area contributed by atoms with Gasteiger partial charge in [0.05, 0.1) is 17.9 Å². The summed E-state index contributed by atoms with van der Waals surface area (Å²) in [6.45, 7) is 5.57. The zero-order valence-corrected chi connectivity index (χ0v) is 17.3. The molecule has 3 aromatic heterocycles. The average molecular weight is 414 g/mol. The zero-order valence-electron chi connectivity index (χ0n) is 16.5. The third-order valence-electron chi connectivity index (χ3n) is 4.89. The number of aryl methyl sites for hydroxylation is 3. The average Bonchev–Trinajstić information content (AvgIpc) is 3.29. The lowest BCUT2D eigenvalue weighted by Crippen LogP contribution is -2.31. The summed E-state index contributed by atoms with van der Waals surface area (Å²) >= 11 is 0. The van der Waals surface area contributed by atoms with Crippen LogP contribution in [0.2, 0.25) is 0 Å². The van der Waals surface area contributed by atoms with Crippen molar-refractivity contribution in [2.75, 3.05) is 11.9 Å². The van der Waals surface area contributed by atoms with Crippen LogP contribution < -0.4 is 5.32 Å². The highest BCUT2D eigenvalue weighted by molar-refractivity contribution is 7.89. The third-order valence-corrected chi connectivity index (χ3v) is 7.04. The van der Waals surface area contributed by atoms with E-state index in [0.29, 0.717) is 35.9 Å². The molecule has 4 heterocycles. The minimum Gasteiger partial charge on any atom is -0.360 e. The maximum absolute atomic E-state index is 13.3. The van der Waals surface area contributed by atoms with Crippen LogP contribution in [0.3, 0.4) is 0 Å². The summed E-state index contributed by atoms with van der Waals surface area (Å²) in [5, 5.41) is 7.01. The van der Waals surface area contributed by atoms with Gasteiger partial charge >= 0.3 is 0 Å². The van der Waals surface area contributed by atoms with E-state index in [0.717, 1.165) is 17.8 Å². The van der Waals surface area contributed by atoms with Crippen LogP contribution in [-0.2, 0) is 10.0 Å². The van der Waals surface area contributed by atoms with E-state index in [2.05, 4.69) is 25.4 Å². The van der Waals surface area contributed by atoms with Gasteiger partial charge in [-0.1, -0.05) is 5.16 Å². The molecule has 4 rings (SSSR count). The van der Waals surface area contributed by atoms with Crippen LogP contribution in [0.5, 0.6) is 0 Å². The summed E-state index contributed by atoms with van der Waals surface area (Å²) in [5.74, 6) is 0.908. The van der Waals surface area contributed by atoms with Crippen molar-refractivity contribution in [3.05, 3.63) is 53.6 Å². The molecule has 3 aromatic rings. The second kappa shape index (κ2) is 7.53. The molecule has 0 amide bonds. The van der Waals surface area contributed by atoms with Crippen molar-refractivity contribution >= 4 is 21.5 Å². The lowest BCUT2D eigenvalue weighted by Gasteiger charge is -2.24. The van der Waals surface area contributed by atoms with Crippen LogP contribution in [0.15, 0.2) is 40.1 Å². The van der Waals surface area contributed by atoms with Crippen molar-refractivity contribution in [1.29, 1.82) is 0 Å². The van der Waals surface area contributed by atoms with Crippen LogP contribution in [0, 0.1) is 20.8 Å². The molecule has 1 fully saturated rings. The highest BCUT2D eigenvalue weighted by Gasteiger charge is 2.40. The van der Waals surface area contributed by atoms with Gasteiger partial charge in [0.15, 0.2) is 5.76 Å². The van der Waals surface area contributed by atoms with Crippen molar-refractivity contribution in [3.63, 3.8) is 0 Å². The fourth-order valence-corrected chi connectivity index (χ4v) is 5.70. The second-order valence-corrected chi connectivity index (χ2v) is 8.89. The highest BCUT2D eigenvalue weighted by atomic mass is 32.2. The predicted octanol–water partition coefficient (Wildman–Crippen LogP) is 3.05. The molecule has 10 heteroatoms. The number of hydrogen-bond acceptors (Lipinski definition) is 8. The van der Waals surface area contributed by atoms with Crippen LogP contribution in [0.1, 0.15) is 41.7 Å². The third kappa shape index (κ3) is 3.73. The van der Waals surface area contributed by atoms with Crippen molar-refractivity contribution < 1.29 is 12.9 Å². The Morgan fingerprint density at radius 2 is 2.03 bits per heavy atom. The van der Waals surface area contributed by atoms with Gasteiger partial charge in [0.2, 0.25) is 10.0 Å². The van der Waals surface area contributed by atoms with Gasteiger partial charge in [0, 0.05) is 30.3 Å². The number of sulfonamides is 1. The maximum atomic E-state index is 13.3. The summed E-state index contributed by atoms with van der Waals surface area (Å²) in [5.41, 5.74) is 2.64. The van der Waals surface area contributed by atoms with Crippen LogP contribution in [-0.4, -0.2) is 39.4 Å². The van der Waals surface area contributed by atoms with E-state index >= 15 is 0 Å². The number of anilines is 2. The molecule has 0 bridgehead atoms. The molecule has 1 atom stereocenters. The summed E-state index contributed by atoms with van der Waals surface area (Å²) in [6, 6.07) is 3.41. The first-order chi connectivity index (χ1) is 13.9.